The number of methoxy groups -OCH3 is 1. The number of anilines is 2. The molecule has 0 bridgehead atoms. The van der Waals surface area contributed by atoms with Gasteiger partial charge in [0.25, 0.3) is 0 Å². The molecule has 1 aliphatic rings. The van der Waals surface area contributed by atoms with Crippen LogP contribution in [0.4, 0.5) is 11.4 Å². The van der Waals surface area contributed by atoms with E-state index in [0.717, 1.165) is 31.3 Å². The smallest absolute Gasteiger partial charge is 0.229 e. The lowest BCUT2D eigenvalue weighted by atomic mass is 9.81. The van der Waals surface area contributed by atoms with Gasteiger partial charge in [0.2, 0.25) is 15.9 Å². The minimum atomic E-state index is -3.31. The van der Waals surface area contributed by atoms with Crippen LogP contribution in [0, 0.1) is 0 Å². The average Bonchev–Trinajstić information content (AvgIpc) is 2.62. The lowest BCUT2D eigenvalue weighted by molar-refractivity contribution is -0.116. The van der Waals surface area contributed by atoms with Crippen molar-refractivity contribution in [2.75, 3.05) is 23.4 Å². The fraction of sp³-hybridized carbons (Fsp3) is 0.350. The first kappa shape index (κ1) is 19.2. The summed E-state index contributed by atoms with van der Waals surface area (Å²) in [5.41, 5.74) is 3.59. The van der Waals surface area contributed by atoms with E-state index in [4.69, 9.17) is 4.74 Å². The third kappa shape index (κ3) is 5.23. The maximum Gasteiger partial charge on any atom is 0.229 e. The van der Waals surface area contributed by atoms with Crippen molar-refractivity contribution in [3.8, 4) is 5.75 Å². The Hall–Kier alpha value is -2.54. The molecule has 0 aliphatic heterocycles. The van der Waals surface area contributed by atoms with Gasteiger partial charge < -0.3 is 10.1 Å². The summed E-state index contributed by atoms with van der Waals surface area (Å²) in [7, 11) is -1.65. The zero-order valence-electron chi connectivity index (χ0n) is 15.5. The highest BCUT2D eigenvalue weighted by Gasteiger charge is 2.23. The Labute approximate surface area is 160 Å². The highest BCUT2D eigenvalue weighted by atomic mass is 32.2. The van der Waals surface area contributed by atoms with Crippen molar-refractivity contribution < 1.29 is 17.9 Å². The van der Waals surface area contributed by atoms with E-state index in [1.807, 2.05) is 6.07 Å². The van der Waals surface area contributed by atoms with Crippen LogP contribution in [0.5, 0.6) is 5.75 Å². The van der Waals surface area contributed by atoms with Gasteiger partial charge in [-0.1, -0.05) is 6.07 Å². The molecule has 0 aromatic heterocycles. The van der Waals surface area contributed by atoms with Gasteiger partial charge >= 0.3 is 0 Å². The molecule has 0 spiro atoms. The summed E-state index contributed by atoms with van der Waals surface area (Å²) in [5, 5.41) is 2.89. The van der Waals surface area contributed by atoms with Crippen molar-refractivity contribution >= 4 is 27.3 Å². The minimum Gasteiger partial charge on any atom is -0.497 e. The Morgan fingerprint density at radius 1 is 1.15 bits per heavy atom. The fourth-order valence-corrected chi connectivity index (χ4v) is 4.07. The summed E-state index contributed by atoms with van der Waals surface area (Å²) in [6.07, 6.45) is 4.58. The van der Waals surface area contributed by atoms with E-state index >= 15 is 0 Å². The van der Waals surface area contributed by atoms with Gasteiger partial charge in [-0.25, -0.2) is 8.42 Å². The van der Waals surface area contributed by atoms with Crippen LogP contribution < -0.4 is 14.8 Å². The second-order valence-electron chi connectivity index (χ2n) is 6.86. The molecule has 144 valence electrons. The molecule has 2 aromatic rings. The van der Waals surface area contributed by atoms with Crippen LogP contribution >= 0.6 is 0 Å². The van der Waals surface area contributed by atoms with E-state index in [9.17, 15) is 13.2 Å². The average molecular weight is 388 g/mol. The Kier molecular flexibility index (Phi) is 5.70. The second kappa shape index (κ2) is 8.00. The van der Waals surface area contributed by atoms with E-state index in [0.29, 0.717) is 17.8 Å². The number of sulfonamides is 1. The van der Waals surface area contributed by atoms with Gasteiger partial charge in [-0.15, -0.1) is 0 Å². The molecule has 1 amide bonds. The Bertz CT molecular complexity index is 923. The SMILES string of the molecule is COc1ccc2c(c1)CCCC2CC(=O)Nc1ccc(NS(C)(=O)=O)cc1. The number of carbonyl (C=O) groups excluding carboxylic acids is 1. The molecule has 3 rings (SSSR count). The van der Waals surface area contributed by atoms with Crippen LogP contribution in [0.1, 0.15) is 36.3 Å². The summed E-state index contributed by atoms with van der Waals surface area (Å²) < 4.78 is 30.2. The van der Waals surface area contributed by atoms with Crippen molar-refractivity contribution in [3.63, 3.8) is 0 Å². The fourth-order valence-electron chi connectivity index (χ4n) is 3.50. The van der Waals surface area contributed by atoms with Crippen molar-refractivity contribution in [3.05, 3.63) is 53.6 Å². The van der Waals surface area contributed by atoms with Gasteiger partial charge in [-0.05, 0) is 72.7 Å². The Morgan fingerprint density at radius 3 is 2.52 bits per heavy atom. The highest BCUT2D eigenvalue weighted by molar-refractivity contribution is 7.92. The van der Waals surface area contributed by atoms with E-state index in [-0.39, 0.29) is 11.8 Å². The molecule has 0 fully saturated rings. The first-order valence-electron chi connectivity index (χ1n) is 8.88. The number of carbonyl (C=O) groups is 1. The molecule has 0 radical (unpaired) electrons. The Balaban J connectivity index is 1.63. The quantitative estimate of drug-likeness (QED) is 0.793. The third-order valence-corrected chi connectivity index (χ3v) is 5.30. The molecule has 1 atom stereocenters. The number of amides is 1. The minimum absolute atomic E-state index is 0.0486. The maximum absolute atomic E-state index is 12.5. The number of aryl methyl sites for hydroxylation is 1. The summed E-state index contributed by atoms with van der Waals surface area (Å²) >= 11 is 0. The van der Waals surface area contributed by atoms with Gasteiger partial charge in [0.05, 0.1) is 13.4 Å². The molecule has 1 aliphatic carbocycles. The van der Waals surface area contributed by atoms with Gasteiger partial charge in [0.15, 0.2) is 0 Å². The molecule has 27 heavy (non-hydrogen) atoms. The van der Waals surface area contributed by atoms with E-state index in [2.05, 4.69) is 22.2 Å². The van der Waals surface area contributed by atoms with Crippen molar-refractivity contribution in [1.82, 2.24) is 0 Å². The van der Waals surface area contributed by atoms with Gasteiger partial charge in [0, 0.05) is 17.8 Å². The molecule has 2 aromatic carbocycles. The molecule has 1 unspecified atom stereocenters. The molecule has 7 heteroatoms. The zero-order valence-corrected chi connectivity index (χ0v) is 16.3. The van der Waals surface area contributed by atoms with Crippen LogP contribution in [0.3, 0.4) is 0 Å². The van der Waals surface area contributed by atoms with E-state index in [1.54, 1.807) is 31.4 Å². The number of ether oxygens (including phenoxy) is 1. The van der Waals surface area contributed by atoms with Crippen molar-refractivity contribution in [1.29, 1.82) is 0 Å². The predicted molar refractivity (Wildman–Crippen MR) is 107 cm³/mol. The summed E-state index contributed by atoms with van der Waals surface area (Å²) in [6, 6.07) is 12.7. The van der Waals surface area contributed by atoms with E-state index < -0.39 is 10.0 Å². The van der Waals surface area contributed by atoms with Crippen molar-refractivity contribution in [2.24, 2.45) is 0 Å². The normalized spacial score (nSPS) is 16.3. The monoisotopic (exact) mass is 388 g/mol. The number of benzene rings is 2. The van der Waals surface area contributed by atoms with Gasteiger partial charge in [0.1, 0.15) is 5.75 Å². The van der Waals surface area contributed by atoms with Crippen LogP contribution in [0.15, 0.2) is 42.5 Å². The second-order valence-corrected chi connectivity index (χ2v) is 8.61. The summed E-state index contributed by atoms with van der Waals surface area (Å²) in [6.45, 7) is 0. The molecule has 0 heterocycles. The van der Waals surface area contributed by atoms with Gasteiger partial charge in [-0.3, -0.25) is 9.52 Å². The predicted octanol–water partition coefficient (Wildman–Crippen LogP) is 3.52. The standard InChI is InChI=1S/C20H24N2O4S/c1-26-18-10-11-19-14(12-18)4-3-5-15(19)13-20(23)21-16-6-8-17(9-7-16)22-27(2,24)25/h6-12,15,22H,3-5,13H2,1-2H3,(H,21,23). The third-order valence-electron chi connectivity index (χ3n) is 4.69. The number of hydrogen-bond acceptors (Lipinski definition) is 4. The van der Waals surface area contributed by atoms with Crippen LogP contribution in [-0.2, 0) is 21.2 Å². The number of nitrogens with one attached hydrogen (secondary N) is 2. The maximum atomic E-state index is 12.5. The number of hydrogen-bond donors (Lipinski definition) is 2. The molecule has 0 saturated carbocycles. The highest BCUT2D eigenvalue weighted by Crippen LogP contribution is 2.36. The van der Waals surface area contributed by atoms with Crippen LogP contribution in [0.25, 0.3) is 0 Å². The molecular weight excluding hydrogens is 364 g/mol. The lowest BCUT2D eigenvalue weighted by Gasteiger charge is -2.25. The van der Waals surface area contributed by atoms with Crippen LogP contribution in [-0.4, -0.2) is 27.7 Å². The lowest BCUT2D eigenvalue weighted by Crippen LogP contribution is -2.19. The number of fused-ring (bicyclic) bond motifs is 1. The van der Waals surface area contributed by atoms with Crippen molar-refractivity contribution in [2.45, 2.75) is 31.6 Å². The first-order chi connectivity index (χ1) is 12.8. The Morgan fingerprint density at radius 2 is 1.85 bits per heavy atom. The summed E-state index contributed by atoms with van der Waals surface area (Å²) in [4.78, 5) is 12.5. The number of rotatable bonds is 6. The topological polar surface area (TPSA) is 84.5 Å². The molecule has 0 saturated heterocycles. The zero-order chi connectivity index (χ0) is 19.4. The van der Waals surface area contributed by atoms with Gasteiger partial charge in [-0.2, -0.15) is 0 Å². The van der Waals surface area contributed by atoms with E-state index in [1.165, 1.54) is 11.1 Å². The first-order valence-corrected chi connectivity index (χ1v) is 10.8. The molecular formula is C20H24N2O4S. The largest absolute Gasteiger partial charge is 0.497 e. The molecule has 6 nitrogen and oxygen atoms in total. The summed E-state index contributed by atoms with van der Waals surface area (Å²) in [5.74, 6) is 1.000. The molecule has 2 N–H and O–H groups in total. The van der Waals surface area contributed by atoms with Crippen LogP contribution in [0.2, 0.25) is 0 Å².